The van der Waals surface area contributed by atoms with E-state index >= 15 is 0 Å². The number of aryl methyl sites for hydroxylation is 2. The number of benzene rings is 1. The molecule has 0 saturated carbocycles. The molecule has 4 rings (SSSR count). The van der Waals surface area contributed by atoms with Crippen LogP contribution in [0.25, 0.3) is 10.2 Å². The van der Waals surface area contributed by atoms with Crippen molar-refractivity contribution in [2.75, 3.05) is 0 Å². The molecule has 118 valence electrons. The number of fused-ring (bicyclic) bond motifs is 2. The predicted octanol–water partition coefficient (Wildman–Crippen LogP) is 4.98. The van der Waals surface area contributed by atoms with Gasteiger partial charge in [-0.15, -0.1) is 22.7 Å². The Morgan fingerprint density at radius 2 is 2.00 bits per heavy atom. The SMILES string of the molecule is O=C(OCc1nc2ccccc2s1)c1cc2c(s1)CCCCC2. The van der Waals surface area contributed by atoms with E-state index in [0.29, 0.717) is 0 Å². The van der Waals surface area contributed by atoms with Gasteiger partial charge < -0.3 is 4.74 Å². The van der Waals surface area contributed by atoms with Crippen LogP contribution in [0.1, 0.15) is 44.4 Å². The lowest BCUT2D eigenvalue weighted by Gasteiger charge is -2.00. The zero-order valence-corrected chi connectivity index (χ0v) is 14.3. The van der Waals surface area contributed by atoms with Gasteiger partial charge >= 0.3 is 5.97 Å². The summed E-state index contributed by atoms with van der Waals surface area (Å²) in [5, 5.41) is 0.845. The number of esters is 1. The van der Waals surface area contributed by atoms with Gasteiger partial charge in [0.15, 0.2) is 0 Å². The lowest BCUT2D eigenvalue weighted by Crippen LogP contribution is -2.02. The van der Waals surface area contributed by atoms with Gasteiger partial charge in [-0.1, -0.05) is 18.6 Å². The number of hydrogen-bond donors (Lipinski definition) is 0. The van der Waals surface area contributed by atoms with Gasteiger partial charge in [-0.2, -0.15) is 0 Å². The van der Waals surface area contributed by atoms with Crippen molar-refractivity contribution in [1.29, 1.82) is 0 Å². The van der Waals surface area contributed by atoms with Crippen LogP contribution < -0.4 is 0 Å². The Morgan fingerprint density at radius 3 is 2.91 bits per heavy atom. The third kappa shape index (κ3) is 3.16. The van der Waals surface area contributed by atoms with E-state index < -0.39 is 0 Å². The van der Waals surface area contributed by atoms with Crippen molar-refractivity contribution in [3.63, 3.8) is 0 Å². The number of thiophene rings is 1. The molecular weight excluding hydrogens is 326 g/mol. The van der Waals surface area contributed by atoms with E-state index in [1.165, 1.54) is 29.7 Å². The van der Waals surface area contributed by atoms with Crippen molar-refractivity contribution in [3.05, 3.63) is 50.7 Å². The third-order valence-electron chi connectivity index (χ3n) is 4.11. The van der Waals surface area contributed by atoms with Crippen LogP contribution in [0, 0.1) is 0 Å². The predicted molar refractivity (Wildman–Crippen MR) is 94.3 cm³/mol. The van der Waals surface area contributed by atoms with Gasteiger partial charge in [-0.25, -0.2) is 9.78 Å². The van der Waals surface area contributed by atoms with E-state index in [1.54, 1.807) is 22.7 Å². The Labute approximate surface area is 142 Å². The summed E-state index contributed by atoms with van der Waals surface area (Å²) in [5.41, 5.74) is 2.31. The van der Waals surface area contributed by atoms with Crippen LogP contribution >= 0.6 is 22.7 Å². The van der Waals surface area contributed by atoms with Gasteiger partial charge in [0.2, 0.25) is 0 Å². The van der Waals surface area contributed by atoms with Gasteiger partial charge in [-0.3, -0.25) is 0 Å². The molecule has 0 amide bonds. The summed E-state index contributed by atoms with van der Waals surface area (Å²) in [6.45, 7) is 0.251. The average Bonchev–Trinajstić information content (AvgIpc) is 3.10. The molecule has 3 aromatic rings. The first-order valence-electron chi connectivity index (χ1n) is 7.93. The Bertz CT molecular complexity index is 793. The lowest BCUT2D eigenvalue weighted by molar-refractivity contribution is 0.0478. The Morgan fingerprint density at radius 1 is 1.13 bits per heavy atom. The maximum Gasteiger partial charge on any atom is 0.348 e. The van der Waals surface area contributed by atoms with E-state index in [-0.39, 0.29) is 12.6 Å². The standard InChI is InChI=1S/C18H17NO2S2/c20-18(16-10-12-6-2-1-3-8-14(12)22-16)21-11-17-19-13-7-4-5-9-15(13)23-17/h4-5,7,9-10H,1-3,6,8,11H2. The van der Waals surface area contributed by atoms with Crippen LogP contribution in [-0.4, -0.2) is 11.0 Å². The van der Waals surface area contributed by atoms with Gasteiger partial charge in [0.05, 0.1) is 10.2 Å². The number of carbonyl (C=O) groups is 1. The number of para-hydroxylation sites is 1. The third-order valence-corrected chi connectivity index (χ3v) is 6.34. The fourth-order valence-corrected chi connectivity index (χ4v) is 4.98. The van der Waals surface area contributed by atoms with E-state index in [2.05, 4.69) is 4.98 Å². The lowest BCUT2D eigenvalue weighted by atomic mass is 10.1. The first kappa shape index (κ1) is 14.8. The van der Waals surface area contributed by atoms with Gasteiger partial charge in [0.1, 0.15) is 16.5 Å². The smallest absolute Gasteiger partial charge is 0.348 e. The fourth-order valence-electron chi connectivity index (χ4n) is 2.95. The Kier molecular flexibility index (Phi) is 4.14. The normalized spacial score (nSPS) is 14.4. The molecular formula is C18H17NO2S2. The van der Waals surface area contributed by atoms with Crippen molar-refractivity contribution in [2.24, 2.45) is 0 Å². The number of nitrogens with zero attached hydrogens (tertiary/aromatic N) is 1. The van der Waals surface area contributed by atoms with Crippen molar-refractivity contribution in [1.82, 2.24) is 4.98 Å². The molecule has 23 heavy (non-hydrogen) atoms. The van der Waals surface area contributed by atoms with Crippen LogP contribution in [0.15, 0.2) is 30.3 Å². The second-order valence-electron chi connectivity index (χ2n) is 5.77. The molecule has 0 atom stereocenters. The van der Waals surface area contributed by atoms with Crippen LogP contribution in [-0.2, 0) is 24.2 Å². The second-order valence-corrected chi connectivity index (χ2v) is 8.02. The molecule has 0 bridgehead atoms. The molecule has 2 aromatic heterocycles. The van der Waals surface area contributed by atoms with Crippen molar-refractivity contribution >= 4 is 38.9 Å². The van der Waals surface area contributed by atoms with Gasteiger partial charge in [-0.05, 0) is 49.4 Å². The number of rotatable bonds is 3. The summed E-state index contributed by atoms with van der Waals surface area (Å²) in [4.78, 5) is 18.9. The van der Waals surface area contributed by atoms with Crippen LogP contribution in [0.3, 0.4) is 0 Å². The number of aromatic nitrogens is 1. The maximum absolute atomic E-state index is 12.3. The topological polar surface area (TPSA) is 39.2 Å². The number of carbonyl (C=O) groups excluding carboxylic acids is 1. The zero-order valence-electron chi connectivity index (χ0n) is 12.7. The molecule has 0 spiro atoms. The summed E-state index contributed by atoms with van der Waals surface area (Å²) < 4.78 is 6.60. The molecule has 1 aliphatic carbocycles. The molecule has 5 heteroatoms. The number of ether oxygens (including phenoxy) is 1. The summed E-state index contributed by atoms with van der Waals surface area (Å²) >= 11 is 3.19. The molecule has 1 aliphatic rings. The molecule has 2 heterocycles. The van der Waals surface area contributed by atoms with Crippen LogP contribution in [0.2, 0.25) is 0 Å². The minimum Gasteiger partial charge on any atom is -0.454 e. The highest BCUT2D eigenvalue weighted by Crippen LogP contribution is 2.30. The Balaban J connectivity index is 1.45. The zero-order chi connectivity index (χ0) is 15.6. The van der Waals surface area contributed by atoms with Gasteiger partial charge in [0.25, 0.3) is 0 Å². The number of hydrogen-bond acceptors (Lipinski definition) is 5. The van der Waals surface area contributed by atoms with Crippen LogP contribution in [0.4, 0.5) is 0 Å². The first-order valence-corrected chi connectivity index (χ1v) is 9.56. The van der Waals surface area contributed by atoms with Crippen molar-refractivity contribution in [2.45, 2.75) is 38.7 Å². The first-order chi connectivity index (χ1) is 11.3. The van der Waals surface area contributed by atoms with E-state index in [4.69, 9.17) is 4.74 Å². The van der Waals surface area contributed by atoms with Crippen molar-refractivity contribution < 1.29 is 9.53 Å². The minimum atomic E-state index is -0.220. The molecule has 0 N–H and O–H groups in total. The maximum atomic E-state index is 12.3. The average molecular weight is 343 g/mol. The molecule has 0 fully saturated rings. The summed E-state index contributed by atoms with van der Waals surface area (Å²) in [6, 6.07) is 10.0. The summed E-state index contributed by atoms with van der Waals surface area (Å²) in [7, 11) is 0. The van der Waals surface area contributed by atoms with E-state index in [0.717, 1.165) is 32.9 Å². The van der Waals surface area contributed by atoms with Crippen molar-refractivity contribution in [3.8, 4) is 0 Å². The summed E-state index contributed by atoms with van der Waals surface area (Å²) in [5.74, 6) is -0.220. The molecule has 0 unspecified atom stereocenters. The molecule has 0 aliphatic heterocycles. The number of thiazole rings is 1. The quantitative estimate of drug-likeness (QED) is 0.497. The highest BCUT2D eigenvalue weighted by molar-refractivity contribution is 7.18. The fraction of sp³-hybridized carbons (Fsp3) is 0.333. The largest absolute Gasteiger partial charge is 0.454 e. The molecule has 0 saturated heterocycles. The molecule has 1 aromatic carbocycles. The van der Waals surface area contributed by atoms with Gasteiger partial charge in [0, 0.05) is 4.88 Å². The highest BCUT2D eigenvalue weighted by atomic mass is 32.1. The van der Waals surface area contributed by atoms with E-state index in [9.17, 15) is 4.79 Å². The second kappa shape index (κ2) is 6.42. The van der Waals surface area contributed by atoms with E-state index in [1.807, 2.05) is 30.3 Å². The minimum absolute atomic E-state index is 0.220. The summed E-state index contributed by atoms with van der Waals surface area (Å²) in [6.07, 6.45) is 5.94. The molecule has 3 nitrogen and oxygen atoms in total. The van der Waals surface area contributed by atoms with Crippen LogP contribution in [0.5, 0.6) is 0 Å². The molecule has 0 radical (unpaired) electrons. The highest BCUT2D eigenvalue weighted by Gasteiger charge is 2.18. The Hall–Kier alpha value is -1.72. The monoisotopic (exact) mass is 343 g/mol.